The van der Waals surface area contributed by atoms with Crippen molar-refractivity contribution in [3.63, 3.8) is 0 Å². The Morgan fingerprint density at radius 1 is 0.902 bits per heavy atom. The van der Waals surface area contributed by atoms with E-state index in [9.17, 15) is 29.1 Å². The number of rotatable bonds is 3. The van der Waals surface area contributed by atoms with Gasteiger partial charge in [-0.1, -0.05) is 61.7 Å². The number of carboxylic acid groups (broad SMARTS) is 1. The highest BCUT2D eigenvalue weighted by atomic mass is 16.5. The van der Waals surface area contributed by atoms with Crippen LogP contribution in [0.15, 0.2) is 54.6 Å². The number of fused-ring (bicyclic) bond motifs is 1. The van der Waals surface area contributed by atoms with Crippen LogP contribution < -0.4 is 26.0 Å². The van der Waals surface area contributed by atoms with E-state index in [0.717, 1.165) is 12.0 Å². The van der Waals surface area contributed by atoms with Crippen LogP contribution in [0, 0.1) is 0 Å². The van der Waals surface area contributed by atoms with Crippen molar-refractivity contribution in [1.82, 2.24) is 21.3 Å². The third-order valence-electron chi connectivity index (χ3n) is 7.43. The normalized spacial score (nSPS) is 22.4. The summed E-state index contributed by atoms with van der Waals surface area (Å²) in [5.74, 6) is -3.39. The Balaban J connectivity index is 1.63. The minimum Gasteiger partial charge on any atom is -0.493 e. The molecule has 218 valence electrons. The Bertz CT molecular complexity index is 1260. The van der Waals surface area contributed by atoms with Gasteiger partial charge in [0.15, 0.2) is 0 Å². The van der Waals surface area contributed by atoms with Gasteiger partial charge in [0.25, 0.3) is 5.91 Å². The van der Waals surface area contributed by atoms with Gasteiger partial charge in [0.2, 0.25) is 17.7 Å². The third kappa shape index (κ3) is 7.84. The van der Waals surface area contributed by atoms with Gasteiger partial charge in [0.1, 0.15) is 23.4 Å². The van der Waals surface area contributed by atoms with Gasteiger partial charge < -0.3 is 31.1 Å². The minimum atomic E-state index is -1.53. The van der Waals surface area contributed by atoms with Crippen molar-refractivity contribution in [2.45, 2.75) is 69.0 Å². The first-order valence-corrected chi connectivity index (χ1v) is 14.0. The fraction of sp³-hybridized carbons (Fsp3) is 0.433. The molecule has 1 fully saturated rings. The average molecular weight is 565 g/mol. The SMILES string of the molecule is O=C1C[C@@H](C(=O)O)NC(=O)c2ccccc2OCCCNC(=O)C(Cc2ccccc2)NC(=O)C2(CCCCC2)N1. The lowest BCUT2D eigenvalue weighted by Gasteiger charge is -2.38. The number of hydrogen-bond acceptors (Lipinski definition) is 6. The summed E-state index contributed by atoms with van der Waals surface area (Å²) in [5.41, 5.74) is -0.323. The van der Waals surface area contributed by atoms with Crippen LogP contribution in [0.5, 0.6) is 5.75 Å². The molecule has 2 aromatic rings. The standard InChI is InChI=1S/C30H36N4O7/c35-25-19-23(28(38)39)32-26(36)21-12-5-6-13-24(21)41-17-9-16-31-27(37)22(18-20-10-3-1-4-11-20)33-29(40)30(34-25)14-7-2-8-15-30/h1,3-6,10-13,22-23H,2,7-9,14-19H2,(H,31,37)(H,32,36)(H,33,40)(H,34,35)(H,38,39)/t22?,23-/m0/s1. The molecule has 5 N–H and O–H groups in total. The summed E-state index contributed by atoms with van der Waals surface area (Å²) < 4.78 is 5.76. The van der Waals surface area contributed by atoms with E-state index in [-0.39, 0.29) is 36.8 Å². The van der Waals surface area contributed by atoms with Crippen LogP contribution in [0.1, 0.15) is 60.9 Å². The van der Waals surface area contributed by atoms with E-state index in [4.69, 9.17) is 4.74 Å². The molecule has 2 aliphatic rings. The highest BCUT2D eigenvalue weighted by Crippen LogP contribution is 2.29. The van der Waals surface area contributed by atoms with Gasteiger partial charge in [-0.2, -0.15) is 0 Å². The van der Waals surface area contributed by atoms with Crippen LogP contribution in [0.2, 0.25) is 0 Å². The zero-order chi connectivity index (χ0) is 29.2. The summed E-state index contributed by atoms with van der Waals surface area (Å²) in [5, 5.41) is 20.7. The van der Waals surface area contributed by atoms with E-state index in [1.807, 2.05) is 30.3 Å². The number of amides is 4. The van der Waals surface area contributed by atoms with Crippen LogP contribution in [0.25, 0.3) is 0 Å². The zero-order valence-corrected chi connectivity index (χ0v) is 22.8. The molecular weight excluding hydrogens is 528 g/mol. The number of carboxylic acids is 1. The summed E-state index contributed by atoms with van der Waals surface area (Å²) in [6, 6.07) is 13.3. The molecule has 1 heterocycles. The van der Waals surface area contributed by atoms with Crippen molar-refractivity contribution in [3.05, 3.63) is 65.7 Å². The molecule has 2 aromatic carbocycles. The number of carbonyl (C=O) groups excluding carboxylic acids is 4. The predicted octanol–water partition coefficient (Wildman–Crippen LogP) is 1.71. The van der Waals surface area contributed by atoms with Gasteiger partial charge in [0, 0.05) is 13.0 Å². The summed E-state index contributed by atoms with van der Waals surface area (Å²) in [4.78, 5) is 65.2. The summed E-state index contributed by atoms with van der Waals surface area (Å²) in [6.45, 7) is 0.436. The van der Waals surface area contributed by atoms with E-state index in [0.29, 0.717) is 32.1 Å². The number of carbonyl (C=O) groups is 5. The van der Waals surface area contributed by atoms with Gasteiger partial charge in [-0.25, -0.2) is 4.79 Å². The van der Waals surface area contributed by atoms with Gasteiger partial charge in [-0.3, -0.25) is 19.2 Å². The van der Waals surface area contributed by atoms with Crippen molar-refractivity contribution in [2.75, 3.05) is 13.2 Å². The second-order valence-corrected chi connectivity index (χ2v) is 10.5. The van der Waals surface area contributed by atoms with Crippen LogP contribution >= 0.6 is 0 Å². The molecule has 11 nitrogen and oxygen atoms in total. The van der Waals surface area contributed by atoms with Crippen LogP contribution in [-0.4, -0.2) is 65.5 Å². The number of nitrogens with one attached hydrogen (secondary N) is 4. The Hall–Kier alpha value is -4.41. The lowest BCUT2D eigenvalue weighted by molar-refractivity contribution is -0.142. The monoisotopic (exact) mass is 564 g/mol. The lowest BCUT2D eigenvalue weighted by atomic mass is 9.80. The topological polar surface area (TPSA) is 163 Å². The maximum absolute atomic E-state index is 13.8. The molecule has 1 saturated carbocycles. The van der Waals surface area contributed by atoms with E-state index in [1.54, 1.807) is 18.2 Å². The maximum Gasteiger partial charge on any atom is 0.326 e. The summed E-state index contributed by atoms with van der Waals surface area (Å²) in [7, 11) is 0. The summed E-state index contributed by atoms with van der Waals surface area (Å²) in [6.07, 6.45) is 3.03. The molecule has 1 unspecified atom stereocenters. The van der Waals surface area contributed by atoms with Crippen molar-refractivity contribution in [3.8, 4) is 5.75 Å². The van der Waals surface area contributed by atoms with Gasteiger partial charge in [0.05, 0.1) is 18.6 Å². The second-order valence-electron chi connectivity index (χ2n) is 10.5. The fourth-order valence-electron chi connectivity index (χ4n) is 5.23. The quantitative estimate of drug-likeness (QED) is 0.379. The van der Waals surface area contributed by atoms with E-state index < -0.39 is 47.7 Å². The number of ether oxygens (including phenoxy) is 1. The summed E-state index contributed by atoms with van der Waals surface area (Å²) >= 11 is 0. The third-order valence-corrected chi connectivity index (χ3v) is 7.43. The first kappa shape index (κ1) is 29.6. The second kappa shape index (κ2) is 13.8. The lowest BCUT2D eigenvalue weighted by Crippen LogP contribution is -2.63. The fourth-order valence-corrected chi connectivity index (χ4v) is 5.23. The molecule has 11 heteroatoms. The Labute approximate surface area is 238 Å². The van der Waals surface area contributed by atoms with Crippen molar-refractivity contribution in [1.29, 1.82) is 0 Å². The van der Waals surface area contributed by atoms with E-state index in [2.05, 4.69) is 21.3 Å². The first-order valence-electron chi connectivity index (χ1n) is 14.0. The highest BCUT2D eigenvalue weighted by molar-refractivity contribution is 6.00. The van der Waals surface area contributed by atoms with Crippen molar-refractivity contribution in [2.24, 2.45) is 0 Å². The Morgan fingerprint density at radius 3 is 2.34 bits per heavy atom. The molecule has 2 atom stereocenters. The largest absolute Gasteiger partial charge is 0.493 e. The highest BCUT2D eigenvalue weighted by Gasteiger charge is 2.43. The molecular formula is C30H36N4O7. The Kier molecular flexibility index (Phi) is 9.94. The van der Waals surface area contributed by atoms with Gasteiger partial charge in [-0.05, 0) is 37.0 Å². The average Bonchev–Trinajstić information content (AvgIpc) is 2.96. The number of hydrogen-bond donors (Lipinski definition) is 5. The van der Waals surface area contributed by atoms with Crippen LogP contribution in [-0.2, 0) is 25.6 Å². The smallest absolute Gasteiger partial charge is 0.326 e. The molecule has 0 saturated heterocycles. The minimum absolute atomic E-state index is 0.121. The van der Waals surface area contributed by atoms with Gasteiger partial charge >= 0.3 is 5.97 Å². The number of aliphatic carboxylic acids is 1. The maximum atomic E-state index is 13.8. The van der Waals surface area contributed by atoms with Crippen molar-refractivity contribution < 1.29 is 33.8 Å². The molecule has 41 heavy (non-hydrogen) atoms. The zero-order valence-electron chi connectivity index (χ0n) is 22.8. The van der Waals surface area contributed by atoms with Crippen LogP contribution in [0.3, 0.4) is 0 Å². The van der Waals surface area contributed by atoms with Crippen LogP contribution in [0.4, 0.5) is 0 Å². The predicted molar refractivity (Wildman–Crippen MR) is 149 cm³/mol. The van der Waals surface area contributed by atoms with E-state index in [1.165, 1.54) is 6.07 Å². The number of benzene rings is 2. The van der Waals surface area contributed by atoms with Gasteiger partial charge in [-0.15, -0.1) is 0 Å². The molecule has 1 aliphatic heterocycles. The molecule has 0 bridgehead atoms. The molecule has 0 aromatic heterocycles. The molecule has 4 amide bonds. The molecule has 4 rings (SSSR count). The first-order chi connectivity index (χ1) is 19.8. The molecule has 0 radical (unpaired) electrons. The van der Waals surface area contributed by atoms with E-state index >= 15 is 0 Å². The molecule has 1 spiro atoms. The van der Waals surface area contributed by atoms with Crippen molar-refractivity contribution >= 4 is 29.6 Å². The molecule has 1 aliphatic carbocycles. The number of para-hydroxylation sites is 1. The Morgan fingerprint density at radius 2 is 1.61 bits per heavy atom.